The molecule has 0 saturated carbocycles. The van der Waals surface area contributed by atoms with Crippen LogP contribution in [0.15, 0.2) is 30.3 Å². The lowest BCUT2D eigenvalue weighted by atomic mass is 9.97. The average molecular weight is 320 g/mol. The normalized spacial score (nSPS) is 15.3. The van der Waals surface area contributed by atoms with E-state index in [9.17, 15) is 9.59 Å². The van der Waals surface area contributed by atoms with E-state index < -0.39 is 0 Å². The maximum atomic E-state index is 12.1. The maximum Gasteiger partial charge on any atom is 0.260 e. The summed E-state index contributed by atoms with van der Waals surface area (Å²) < 4.78 is 10.3. The van der Waals surface area contributed by atoms with E-state index in [0.717, 1.165) is 12.8 Å². The highest BCUT2D eigenvalue weighted by molar-refractivity contribution is 5.78. The Morgan fingerprint density at radius 3 is 2.52 bits per heavy atom. The Kier molecular flexibility index (Phi) is 6.87. The van der Waals surface area contributed by atoms with Gasteiger partial charge in [-0.3, -0.25) is 9.59 Å². The minimum Gasteiger partial charge on any atom is -0.484 e. The van der Waals surface area contributed by atoms with Crippen LogP contribution >= 0.6 is 0 Å². The lowest BCUT2D eigenvalue weighted by Crippen LogP contribution is -2.43. The fraction of sp³-hybridized carbons (Fsp3) is 0.529. The quantitative estimate of drug-likeness (QED) is 0.816. The molecule has 1 N–H and O–H groups in total. The van der Waals surface area contributed by atoms with Gasteiger partial charge in [0.15, 0.2) is 6.61 Å². The molecule has 1 aromatic carbocycles. The molecule has 1 fully saturated rings. The molecule has 2 amide bonds. The Morgan fingerprint density at radius 1 is 1.17 bits per heavy atom. The summed E-state index contributed by atoms with van der Waals surface area (Å²) >= 11 is 0. The molecule has 2 rings (SSSR count). The molecule has 0 atom stereocenters. The fourth-order valence-corrected chi connectivity index (χ4v) is 2.58. The van der Waals surface area contributed by atoms with E-state index in [4.69, 9.17) is 9.47 Å². The van der Waals surface area contributed by atoms with Crippen molar-refractivity contribution >= 4 is 11.8 Å². The van der Waals surface area contributed by atoms with Gasteiger partial charge in [0.2, 0.25) is 5.91 Å². The summed E-state index contributed by atoms with van der Waals surface area (Å²) in [7, 11) is 1.50. The van der Waals surface area contributed by atoms with Gasteiger partial charge in [-0.05, 0) is 30.9 Å². The standard InChI is InChI=1S/C17H24N2O4/c1-22-12-16(20)18-11-14-7-9-19(10-8-14)17(21)13-23-15-5-3-2-4-6-15/h2-6,14H,7-13H2,1H3,(H,18,20). The zero-order chi connectivity index (χ0) is 16.5. The van der Waals surface area contributed by atoms with Crippen molar-refractivity contribution in [3.63, 3.8) is 0 Å². The molecule has 0 spiro atoms. The number of para-hydroxylation sites is 1. The Balaban J connectivity index is 1.65. The highest BCUT2D eigenvalue weighted by Crippen LogP contribution is 2.17. The van der Waals surface area contributed by atoms with Crippen LogP contribution in [0.3, 0.4) is 0 Å². The number of piperidine rings is 1. The van der Waals surface area contributed by atoms with E-state index in [1.54, 1.807) is 0 Å². The number of carbonyl (C=O) groups is 2. The van der Waals surface area contributed by atoms with E-state index in [2.05, 4.69) is 5.32 Å². The first kappa shape index (κ1) is 17.3. The predicted molar refractivity (Wildman–Crippen MR) is 86.1 cm³/mol. The van der Waals surface area contributed by atoms with Crippen molar-refractivity contribution in [3.8, 4) is 5.75 Å². The summed E-state index contributed by atoms with van der Waals surface area (Å²) in [5, 5.41) is 2.85. The first-order valence-electron chi connectivity index (χ1n) is 7.90. The van der Waals surface area contributed by atoms with Gasteiger partial charge >= 0.3 is 0 Å². The first-order valence-corrected chi connectivity index (χ1v) is 7.90. The van der Waals surface area contributed by atoms with E-state index in [0.29, 0.717) is 31.3 Å². The van der Waals surface area contributed by atoms with Crippen molar-refractivity contribution in [2.24, 2.45) is 5.92 Å². The number of ether oxygens (including phenoxy) is 2. The summed E-state index contributed by atoms with van der Waals surface area (Å²) in [6.07, 6.45) is 1.79. The van der Waals surface area contributed by atoms with Gasteiger partial charge in [-0.2, -0.15) is 0 Å². The van der Waals surface area contributed by atoms with Crippen LogP contribution in [0.5, 0.6) is 5.75 Å². The van der Waals surface area contributed by atoms with Gasteiger partial charge in [-0.15, -0.1) is 0 Å². The summed E-state index contributed by atoms with van der Waals surface area (Å²) in [4.78, 5) is 25.3. The molecule has 1 aliphatic rings. The van der Waals surface area contributed by atoms with E-state index in [1.165, 1.54) is 7.11 Å². The van der Waals surface area contributed by atoms with E-state index in [-0.39, 0.29) is 25.0 Å². The number of nitrogens with zero attached hydrogens (tertiary/aromatic N) is 1. The lowest BCUT2D eigenvalue weighted by molar-refractivity contribution is -0.135. The van der Waals surface area contributed by atoms with Gasteiger partial charge in [0.25, 0.3) is 5.91 Å². The predicted octanol–water partition coefficient (Wildman–Crippen LogP) is 1.07. The number of rotatable bonds is 7. The van der Waals surface area contributed by atoms with Crippen LogP contribution in [0.2, 0.25) is 0 Å². The van der Waals surface area contributed by atoms with Crippen molar-refractivity contribution in [2.45, 2.75) is 12.8 Å². The molecule has 0 unspecified atom stereocenters. The van der Waals surface area contributed by atoms with Crippen molar-refractivity contribution in [2.75, 3.05) is 40.0 Å². The zero-order valence-electron chi connectivity index (χ0n) is 13.5. The molecule has 1 aromatic rings. The van der Waals surface area contributed by atoms with Gasteiger partial charge in [0.05, 0.1) is 0 Å². The monoisotopic (exact) mass is 320 g/mol. The number of likely N-dealkylation sites (tertiary alicyclic amines) is 1. The zero-order valence-corrected chi connectivity index (χ0v) is 13.5. The molecular weight excluding hydrogens is 296 g/mol. The number of hydrogen-bond acceptors (Lipinski definition) is 4. The molecule has 6 nitrogen and oxygen atoms in total. The minimum atomic E-state index is -0.0951. The number of amides is 2. The number of hydrogen-bond donors (Lipinski definition) is 1. The second-order valence-electron chi connectivity index (χ2n) is 5.66. The molecule has 6 heteroatoms. The van der Waals surface area contributed by atoms with Crippen LogP contribution in [0.25, 0.3) is 0 Å². The molecule has 0 radical (unpaired) electrons. The number of nitrogens with one attached hydrogen (secondary N) is 1. The van der Waals surface area contributed by atoms with E-state index >= 15 is 0 Å². The largest absolute Gasteiger partial charge is 0.484 e. The van der Waals surface area contributed by atoms with Crippen LogP contribution in [0.1, 0.15) is 12.8 Å². The van der Waals surface area contributed by atoms with E-state index in [1.807, 2.05) is 35.2 Å². The van der Waals surface area contributed by atoms with Crippen molar-refractivity contribution in [1.29, 1.82) is 0 Å². The molecule has 126 valence electrons. The lowest BCUT2D eigenvalue weighted by Gasteiger charge is -2.32. The first-order chi connectivity index (χ1) is 11.2. The molecule has 1 heterocycles. The summed E-state index contributed by atoms with van der Waals surface area (Å²) in [6.45, 7) is 2.22. The van der Waals surface area contributed by atoms with Gasteiger partial charge in [0.1, 0.15) is 12.4 Å². The van der Waals surface area contributed by atoms with Crippen LogP contribution < -0.4 is 10.1 Å². The second-order valence-corrected chi connectivity index (χ2v) is 5.66. The van der Waals surface area contributed by atoms with Crippen molar-refractivity contribution in [3.05, 3.63) is 30.3 Å². The summed E-state index contributed by atoms with van der Waals surface area (Å²) in [5.74, 6) is 1.03. The third kappa shape index (κ3) is 5.90. The van der Waals surface area contributed by atoms with Crippen LogP contribution in [-0.2, 0) is 14.3 Å². The Bertz CT molecular complexity index is 499. The highest BCUT2D eigenvalue weighted by Gasteiger charge is 2.23. The molecule has 23 heavy (non-hydrogen) atoms. The Morgan fingerprint density at radius 2 is 1.87 bits per heavy atom. The number of carbonyl (C=O) groups excluding carboxylic acids is 2. The molecule has 0 aliphatic carbocycles. The summed E-state index contributed by atoms with van der Waals surface area (Å²) in [5.41, 5.74) is 0. The van der Waals surface area contributed by atoms with Crippen molar-refractivity contribution < 1.29 is 19.1 Å². The third-order valence-corrected chi connectivity index (χ3v) is 3.94. The number of benzene rings is 1. The molecule has 1 aliphatic heterocycles. The minimum absolute atomic E-state index is 0.00993. The summed E-state index contributed by atoms with van der Waals surface area (Å²) in [6, 6.07) is 9.33. The van der Waals surface area contributed by atoms with Gasteiger partial charge in [0, 0.05) is 26.7 Å². The average Bonchev–Trinajstić information content (AvgIpc) is 2.59. The van der Waals surface area contributed by atoms with Crippen LogP contribution in [0.4, 0.5) is 0 Å². The fourth-order valence-electron chi connectivity index (χ4n) is 2.58. The van der Waals surface area contributed by atoms with Gasteiger partial charge in [-0.25, -0.2) is 0 Å². The molecular formula is C17H24N2O4. The second kappa shape index (κ2) is 9.15. The van der Waals surface area contributed by atoms with Crippen LogP contribution in [-0.4, -0.2) is 56.7 Å². The topological polar surface area (TPSA) is 67.9 Å². The number of methoxy groups -OCH3 is 1. The maximum absolute atomic E-state index is 12.1. The molecule has 1 saturated heterocycles. The van der Waals surface area contributed by atoms with Gasteiger partial charge in [-0.1, -0.05) is 18.2 Å². The highest BCUT2D eigenvalue weighted by atomic mass is 16.5. The third-order valence-electron chi connectivity index (χ3n) is 3.94. The van der Waals surface area contributed by atoms with Gasteiger partial charge < -0.3 is 19.7 Å². The molecule has 0 bridgehead atoms. The smallest absolute Gasteiger partial charge is 0.260 e. The van der Waals surface area contributed by atoms with Crippen LogP contribution in [0, 0.1) is 5.92 Å². The SMILES string of the molecule is COCC(=O)NCC1CCN(C(=O)COc2ccccc2)CC1. The Hall–Kier alpha value is -2.08. The van der Waals surface area contributed by atoms with Crippen molar-refractivity contribution in [1.82, 2.24) is 10.2 Å². The Labute approximate surface area is 136 Å². The molecule has 0 aromatic heterocycles.